The van der Waals surface area contributed by atoms with Crippen LogP contribution in [-0.2, 0) is 11.3 Å². The first kappa shape index (κ1) is 16.1. The van der Waals surface area contributed by atoms with Gasteiger partial charge in [0.15, 0.2) is 0 Å². The molecule has 2 amide bonds. The number of amides is 2. The van der Waals surface area contributed by atoms with Crippen molar-refractivity contribution in [2.45, 2.75) is 19.1 Å². The molecule has 1 fully saturated rings. The van der Waals surface area contributed by atoms with Crippen LogP contribution in [0.25, 0.3) is 0 Å². The number of urea groups is 1. The predicted octanol–water partition coefficient (Wildman–Crippen LogP) is 1.42. The smallest absolute Gasteiger partial charge is 0.320 e. The van der Waals surface area contributed by atoms with Crippen molar-refractivity contribution in [2.24, 2.45) is 0 Å². The molecule has 1 aliphatic heterocycles. The standard InChI is InChI=1S/C16H20N6O2/c1-24-10-13-8-14(19-11-18-13)21-16(23)20-12-5-7-22(9-12)15-4-2-3-6-17-15/h2-4,6,8,11-12H,5,7,9-10H2,1H3,(H2,18,19,20,21,23)/t12-/m0/s1. The number of nitrogens with one attached hydrogen (secondary N) is 2. The number of carbonyl (C=O) groups excluding carboxylic acids is 1. The van der Waals surface area contributed by atoms with E-state index in [1.54, 1.807) is 19.4 Å². The van der Waals surface area contributed by atoms with Crippen LogP contribution >= 0.6 is 0 Å². The molecule has 2 aromatic rings. The summed E-state index contributed by atoms with van der Waals surface area (Å²) in [5.41, 5.74) is 0.713. The van der Waals surface area contributed by atoms with E-state index in [4.69, 9.17) is 4.74 Å². The Balaban J connectivity index is 1.51. The fourth-order valence-corrected chi connectivity index (χ4v) is 2.66. The molecule has 3 heterocycles. The van der Waals surface area contributed by atoms with E-state index < -0.39 is 0 Å². The number of nitrogens with zero attached hydrogens (tertiary/aromatic N) is 4. The van der Waals surface area contributed by atoms with Gasteiger partial charge < -0.3 is 15.0 Å². The Bertz CT molecular complexity index is 681. The minimum absolute atomic E-state index is 0.0762. The topological polar surface area (TPSA) is 92.3 Å². The number of rotatable bonds is 5. The highest BCUT2D eigenvalue weighted by Gasteiger charge is 2.24. The summed E-state index contributed by atoms with van der Waals surface area (Å²) in [4.78, 5) is 26.7. The van der Waals surface area contributed by atoms with Gasteiger partial charge in [0.1, 0.15) is 18.0 Å². The maximum Gasteiger partial charge on any atom is 0.320 e. The van der Waals surface area contributed by atoms with Gasteiger partial charge >= 0.3 is 6.03 Å². The van der Waals surface area contributed by atoms with Gasteiger partial charge in [-0.05, 0) is 18.6 Å². The first-order valence-electron chi connectivity index (χ1n) is 7.78. The van der Waals surface area contributed by atoms with Crippen molar-refractivity contribution in [3.05, 3.63) is 42.5 Å². The van der Waals surface area contributed by atoms with Gasteiger partial charge in [-0.1, -0.05) is 6.07 Å². The lowest BCUT2D eigenvalue weighted by atomic mass is 10.3. The van der Waals surface area contributed by atoms with Gasteiger partial charge in [-0.15, -0.1) is 0 Å². The average molecular weight is 328 g/mol. The fourth-order valence-electron chi connectivity index (χ4n) is 2.66. The molecule has 0 radical (unpaired) electrons. The zero-order valence-corrected chi connectivity index (χ0v) is 13.5. The van der Waals surface area contributed by atoms with Crippen LogP contribution in [0.1, 0.15) is 12.1 Å². The highest BCUT2D eigenvalue weighted by atomic mass is 16.5. The monoisotopic (exact) mass is 328 g/mol. The summed E-state index contributed by atoms with van der Waals surface area (Å²) in [5, 5.41) is 5.70. The highest BCUT2D eigenvalue weighted by Crippen LogP contribution is 2.17. The van der Waals surface area contributed by atoms with Crippen molar-refractivity contribution in [1.29, 1.82) is 0 Å². The summed E-state index contributed by atoms with van der Waals surface area (Å²) in [6.07, 6.45) is 4.06. The van der Waals surface area contributed by atoms with E-state index in [1.807, 2.05) is 18.2 Å². The second-order valence-electron chi connectivity index (χ2n) is 5.55. The molecule has 0 bridgehead atoms. The maximum atomic E-state index is 12.1. The number of hydrogen-bond donors (Lipinski definition) is 2. The lowest BCUT2D eigenvalue weighted by Gasteiger charge is -2.17. The summed E-state index contributed by atoms with van der Waals surface area (Å²) < 4.78 is 5.02. The minimum Gasteiger partial charge on any atom is -0.378 e. The molecular weight excluding hydrogens is 308 g/mol. The summed E-state index contributed by atoms with van der Waals surface area (Å²) in [5.74, 6) is 1.39. The van der Waals surface area contributed by atoms with Crippen LogP contribution in [0, 0.1) is 0 Å². The van der Waals surface area contributed by atoms with E-state index >= 15 is 0 Å². The lowest BCUT2D eigenvalue weighted by Crippen LogP contribution is -2.40. The number of aromatic nitrogens is 3. The molecule has 0 saturated carbocycles. The van der Waals surface area contributed by atoms with Crippen LogP contribution in [0.4, 0.5) is 16.4 Å². The van der Waals surface area contributed by atoms with Crippen LogP contribution in [0.3, 0.4) is 0 Å². The number of anilines is 2. The third-order valence-electron chi connectivity index (χ3n) is 3.75. The second kappa shape index (κ2) is 7.69. The van der Waals surface area contributed by atoms with Gasteiger partial charge in [-0.2, -0.15) is 0 Å². The van der Waals surface area contributed by atoms with E-state index in [2.05, 4.69) is 30.5 Å². The van der Waals surface area contributed by atoms with Crippen molar-refractivity contribution in [2.75, 3.05) is 30.4 Å². The summed E-state index contributed by atoms with van der Waals surface area (Å²) in [6.45, 7) is 1.98. The summed E-state index contributed by atoms with van der Waals surface area (Å²) in [7, 11) is 1.59. The summed E-state index contributed by atoms with van der Waals surface area (Å²) >= 11 is 0. The van der Waals surface area contributed by atoms with E-state index in [0.29, 0.717) is 18.1 Å². The normalized spacial score (nSPS) is 16.9. The zero-order valence-electron chi connectivity index (χ0n) is 13.5. The molecule has 0 aliphatic carbocycles. The average Bonchev–Trinajstić information content (AvgIpc) is 3.04. The fraction of sp³-hybridized carbons (Fsp3) is 0.375. The van der Waals surface area contributed by atoms with Crippen molar-refractivity contribution in [3.8, 4) is 0 Å². The molecule has 3 rings (SSSR count). The van der Waals surface area contributed by atoms with Crippen LogP contribution in [0.15, 0.2) is 36.8 Å². The molecule has 126 valence electrons. The Labute approximate surface area is 140 Å². The van der Waals surface area contributed by atoms with Crippen molar-refractivity contribution < 1.29 is 9.53 Å². The molecule has 0 spiro atoms. The van der Waals surface area contributed by atoms with Crippen molar-refractivity contribution in [3.63, 3.8) is 0 Å². The second-order valence-corrected chi connectivity index (χ2v) is 5.55. The minimum atomic E-state index is -0.273. The van der Waals surface area contributed by atoms with Gasteiger partial charge in [-0.25, -0.2) is 19.7 Å². The molecule has 24 heavy (non-hydrogen) atoms. The third-order valence-corrected chi connectivity index (χ3v) is 3.75. The van der Waals surface area contributed by atoms with Gasteiger partial charge in [0.25, 0.3) is 0 Å². The predicted molar refractivity (Wildman–Crippen MR) is 89.8 cm³/mol. The number of ether oxygens (including phenoxy) is 1. The van der Waals surface area contributed by atoms with Crippen molar-refractivity contribution in [1.82, 2.24) is 20.3 Å². The van der Waals surface area contributed by atoms with E-state index in [1.165, 1.54) is 6.33 Å². The Hall–Kier alpha value is -2.74. The van der Waals surface area contributed by atoms with E-state index in [0.717, 1.165) is 25.3 Å². The molecule has 1 atom stereocenters. The van der Waals surface area contributed by atoms with Crippen molar-refractivity contribution >= 4 is 17.7 Å². The maximum absolute atomic E-state index is 12.1. The highest BCUT2D eigenvalue weighted by molar-refractivity contribution is 5.88. The van der Waals surface area contributed by atoms with E-state index in [9.17, 15) is 4.79 Å². The van der Waals surface area contributed by atoms with Crippen LogP contribution in [0.5, 0.6) is 0 Å². The Kier molecular flexibility index (Phi) is 5.17. The Morgan fingerprint density at radius 2 is 2.29 bits per heavy atom. The van der Waals surface area contributed by atoms with Gasteiger partial charge in [0.05, 0.1) is 12.3 Å². The Morgan fingerprint density at radius 1 is 1.38 bits per heavy atom. The molecule has 0 aromatic carbocycles. The largest absolute Gasteiger partial charge is 0.378 e. The molecular formula is C16H20N6O2. The third kappa shape index (κ3) is 4.17. The molecule has 2 N–H and O–H groups in total. The number of pyridine rings is 1. The molecule has 2 aromatic heterocycles. The molecule has 0 unspecified atom stereocenters. The first-order valence-corrected chi connectivity index (χ1v) is 7.78. The van der Waals surface area contributed by atoms with E-state index in [-0.39, 0.29) is 12.1 Å². The van der Waals surface area contributed by atoms with Gasteiger partial charge in [-0.3, -0.25) is 5.32 Å². The van der Waals surface area contributed by atoms with Crippen LogP contribution < -0.4 is 15.5 Å². The van der Waals surface area contributed by atoms with Gasteiger partial charge in [0.2, 0.25) is 0 Å². The zero-order chi connectivity index (χ0) is 16.8. The van der Waals surface area contributed by atoms with Crippen LogP contribution in [0.2, 0.25) is 0 Å². The number of hydrogen-bond acceptors (Lipinski definition) is 6. The number of carbonyl (C=O) groups is 1. The SMILES string of the molecule is COCc1cc(NC(=O)N[C@H]2CCN(c3ccccn3)C2)ncn1. The van der Waals surface area contributed by atoms with Gasteiger partial charge in [0, 0.05) is 38.5 Å². The first-order chi connectivity index (χ1) is 11.7. The molecule has 8 heteroatoms. The quantitative estimate of drug-likeness (QED) is 0.862. The molecule has 1 saturated heterocycles. The summed E-state index contributed by atoms with van der Waals surface area (Å²) in [6, 6.07) is 7.32. The molecule has 8 nitrogen and oxygen atoms in total. The Morgan fingerprint density at radius 3 is 3.08 bits per heavy atom. The molecule has 1 aliphatic rings. The number of methoxy groups -OCH3 is 1. The van der Waals surface area contributed by atoms with Crippen LogP contribution in [-0.4, -0.2) is 47.2 Å². The lowest BCUT2D eigenvalue weighted by molar-refractivity contribution is 0.181.